The van der Waals surface area contributed by atoms with Crippen LogP contribution in [0.15, 0.2) is 24.3 Å². The van der Waals surface area contributed by atoms with Crippen molar-refractivity contribution in [2.75, 3.05) is 38.2 Å². The maximum Gasteiger partial charge on any atom is 0.323 e. The van der Waals surface area contributed by atoms with Crippen LogP contribution in [0.3, 0.4) is 0 Å². The molecular formula is C17H29N3O2S. The third kappa shape index (κ3) is 6.41. The second-order valence-corrected chi connectivity index (χ2v) is 6.14. The number of carbonyl (C=O) groups excluding carboxylic acids is 1. The summed E-state index contributed by atoms with van der Waals surface area (Å²) in [7, 11) is 1.41. The van der Waals surface area contributed by atoms with Gasteiger partial charge in [-0.15, -0.1) is 0 Å². The standard InChI is InChI=1S/C15H23N3O2S.C2H6/c1-12-4-6-14(7-5-12)17-8-10-18(11-9-17)21-16-13(2)15(19)20-3;1-2/h4-7,13,16H,8-11H2,1-3H3;1-2H3/t13-;/m1./s1. The lowest BCUT2D eigenvalue weighted by atomic mass is 10.2. The molecule has 0 saturated carbocycles. The third-order valence-corrected chi connectivity index (χ3v) is 4.63. The number of hydrogen-bond donors (Lipinski definition) is 1. The summed E-state index contributed by atoms with van der Waals surface area (Å²) in [6.07, 6.45) is 0. The highest BCUT2D eigenvalue weighted by molar-refractivity contribution is 7.95. The summed E-state index contributed by atoms with van der Waals surface area (Å²) in [5, 5.41) is 0. The van der Waals surface area contributed by atoms with Crippen LogP contribution in [0.2, 0.25) is 0 Å². The van der Waals surface area contributed by atoms with Crippen molar-refractivity contribution in [1.29, 1.82) is 0 Å². The van der Waals surface area contributed by atoms with Gasteiger partial charge >= 0.3 is 5.97 Å². The molecule has 130 valence electrons. The number of carbonyl (C=O) groups is 1. The van der Waals surface area contributed by atoms with Gasteiger partial charge in [-0.1, -0.05) is 31.5 Å². The first kappa shape index (κ1) is 19.8. The van der Waals surface area contributed by atoms with Gasteiger partial charge in [0.25, 0.3) is 0 Å². The van der Waals surface area contributed by atoms with Gasteiger partial charge in [-0.05, 0) is 26.0 Å². The molecule has 0 unspecified atom stereocenters. The predicted molar refractivity (Wildman–Crippen MR) is 98.5 cm³/mol. The fraction of sp³-hybridized carbons (Fsp3) is 0.588. The number of methoxy groups -OCH3 is 1. The van der Waals surface area contributed by atoms with Crippen LogP contribution in [0.4, 0.5) is 5.69 Å². The van der Waals surface area contributed by atoms with Crippen molar-refractivity contribution in [3.05, 3.63) is 29.8 Å². The van der Waals surface area contributed by atoms with Crippen molar-refractivity contribution < 1.29 is 9.53 Å². The molecule has 1 aromatic carbocycles. The summed E-state index contributed by atoms with van der Waals surface area (Å²) in [4.78, 5) is 13.7. The Kier molecular flexibility index (Phi) is 9.06. The summed E-state index contributed by atoms with van der Waals surface area (Å²) < 4.78 is 10.0. The Balaban J connectivity index is 0.00000127. The van der Waals surface area contributed by atoms with Gasteiger partial charge in [0.1, 0.15) is 6.04 Å². The molecule has 0 aliphatic carbocycles. The van der Waals surface area contributed by atoms with E-state index in [1.54, 1.807) is 6.92 Å². The van der Waals surface area contributed by atoms with Crippen LogP contribution < -0.4 is 9.62 Å². The van der Waals surface area contributed by atoms with Gasteiger partial charge in [0.2, 0.25) is 0 Å². The Morgan fingerprint density at radius 2 is 1.74 bits per heavy atom. The third-order valence-electron chi connectivity index (χ3n) is 3.55. The highest BCUT2D eigenvalue weighted by Crippen LogP contribution is 2.19. The van der Waals surface area contributed by atoms with E-state index in [0.29, 0.717) is 0 Å². The molecule has 0 bridgehead atoms. The molecule has 6 heteroatoms. The lowest BCUT2D eigenvalue weighted by Gasteiger charge is -2.35. The van der Waals surface area contributed by atoms with Crippen molar-refractivity contribution in [3.8, 4) is 0 Å². The number of ether oxygens (including phenoxy) is 1. The minimum atomic E-state index is -0.296. The fourth-order valence-electron chi connectivity index (χ4n) is 2.17. The SMILES string of the molecule is CC.COC(=O)[C@@H](C)NSN1CCN(c2ccc(C)cc2)CC1. The Labute approximate surface area is 144 Å². The Hall–Kier alpha value is -1.24. The topological polar surface area (TPSA) is 44.8 Å². The summed E-state index contributed by atoms with van der Waals surface area (Å²) in [5.41, 5.74) is 2.56. The van der Waals surface area contributed by atoms with Crippen molar-refractivity contribution in [3.63, 3.8) is 0 Å². The van der Waals surface area contributed by atoms with Crippen LogP contribution in [0.25, 0.3) is 0 Å². The number of benzene rings is 1. The van der Waals surface area contributed by atoms with Gasteiger partial charge in [-0.3, -0.25) is 4.79 Å². The van der Waals surface area contributed by atoms with E-state index in [-0.39, 0.29) is 12.0 Å². The van der Waals surface area contributed by atoms with E-state index >= 15 is 0 Å². The average molecular weight is 340 g/mol. The quantitative estimate of drug-likeness (QED) is 0.657. The number of piperazine rings is 1. The maximum absolute atomic E-state index is 11.3. The molecule has 0 amide bonds. The van der Waals surface area contributed by atoms with Gasteiger partial charge in [-0.2, -0.15) is 0 Å². The van der Waals surface area contributed by atoms with Gasteiger partial charge in [0, 0.05) is 44.0 Å². The zero-order valence-corrected chi connectivity index (χ0v) is 15.7. The number of esters is 1. The van der Waals surface area contributed by atoms with Crippen LogP contribution >= 0.6 is 12.1 Å². The Bertz CT molecular complexity index is 459. The van der Waals surface area contributed by atoms with Crippen LogP contribution in [0.5, 0.6) is 0 Å². The van der Waals surface area contributed by atoms with Crippen molar-refractivity contribution >= 4 is 23.8 Å². The van der Waals surface area contributed by atoms with Gasteiger partial charge in [0.15, 0.2) is 0 Å². The lowest BCUT2D eigenvalue weighted by molar-refractivity contribution is -0.142. The van der Waals surface area contributed by atoms with E-state index in [1.165, 1.54) is 30.5 Å². The van der Waals surface area contributed by atoms with Gasteiger partial charge in [-0.25, -0.2) is 9.03 Å². The fourth-order valence-corrected chi connectivity index (χ4v) is 2.92. The molecule has 0 aromatic heterocycles. The molecule has 1 aliphatic heterocycles. The largest absolute Gasteiger partial charge is 0.468 e. The first-order valence-corrected chi connectivity index (χ1v) is 8.94. The second kappa shape index (κ2) is 10.5. The normalized spacial score (nSPS) is 16.3. The molecule has 1 aliphatic rings. The molecule has 1 atom stereocenters. The van der Waals surface area contributed by atoms with Crippen molar-refractivity contribution in [2.45, 2.75) is 33.7 Å². The molecule has 1 heterocycles. The number of hydrogen-bond acceptors (Lipinski definition) is 6. The number of nitrogens with one attached hydrogen (secondary N) is 1. The first-order chi connectivity index (χ1) is 11.1. The molecule has 2 rings (SSSR count). The molecule has 1 aromatic rings. The van der Waals surface area contributed by atoms with E-state index in [0.717, 1.165) is 26.2 Å². The predicted octanol–water partition coefficient (Wildman–Crippen LogP) is 2.86. The molecular weight excluding hydrogens is 310 g/mol. The van der Waals surface area contributed by atoms with E-state index in [9.17, 15) is 4.79 Å². The van der Waals surface area contributed by atoms with Gasteiger partial charge < -0.3 is 9.64 Å². The highest BCUT2D eigenvalue weighted by atomic mass is 32.2. The van der Waals surface area contributed by atoms with E-state index in [2.05, 4.69) is 45.1 Å². The maximum atomic E-state index is 11.3. The number of aryl methyl sites for hydroxylation is 1. The smallest absolute Gasteiger partial charge is 0.323 e. The van der Waals surface area contributed by atoms with Crippen LogP contribution in [-0.2, 0) is 9.53 Å². The summed E-state index contributed by atoms with van der Waals surface area (Å²) in [6.45, 7) is 11.8. The first-order valence-electron chi connectivity index (χ1n) is 8.17. The molecule has 1 saturated heterocycles. The zero-order valence-electron chi connectivity index (χ0n) is 14.8. The number of rotatable bonds is 5. The Morgan fingerprint density at radius 3 is 2.26 bits per heavy atom. The highest BCUT2D eigenvalue weighted by Gasteiger charge is 2.20. The minimum absolute atomic E-state index is 0.235. The molecule has 5 nitrogen and oxygen atoms in total. The van der Waals surface area contributed by atoms with Crippen molar-refractivity contribution in [2.24, 2.45) is 0 Å². The number of anilines is 1. The van der Waals surface area contributed by atoms with Crippen LogP contribution in [-0.4, -0.2) is 49.6 Å². The Morgan fingerprint density at radius 1 is 1.17 bits per heavy atom. The summed E-state index contributed by atoms with van der Waals surface area (Å²) in [6, 6.07) is 8.35. The number of nitrogens with zero attached hydrogens (tertiary/aromatic N) is 2. The average Bonchev–Trinajstić information content (AvgIpc) is 2.62. The molecule has 1 fully saturated rings. The molecule has 0 radical (unpaired) electrons. The van der Waals surface area contributed by atoms with Crippen LogP contribution in [0.1, 0.15) is 26.3 Å². The van der Waals surface area contributed by atoms with Crippen LogP contribution in [0, 0.1) is 6.92 Å². The van der Waals surface area contributed by atoms with E-state index in [4.69, 9.17) is 4.74 Å². The zero-order chi connectivity index (χ0) is 17.2. The monoisotopic (exact) mass is 339 g/mol. The summed E-state index contributed by atoms with van der Waals surface area (Å²) in [5.74, 6) is -0.235. The van der Waals surface area contributed by atoms with E-state index in [1.807, 2.05) is 13.8 Å². The minimum Gasteiger partial charge on any atom is -0.468 e. The summed E-state index contributed by atoms with van der Waals surface area (Å²) >= 11 is 1.50. The molecule has 1 N–H and O–H groups in total. The molecule has 23 heavy (non-hydrogen) atoms. The van der Waals surface area contributed by atoms with E-state index < -0.39 is 0 Å². The van der Waals surface area contributed by atoms with Crippen molar-refractivity contribution in [1.82, 2.24) is 9.03 Å². The lowest BCUT2D eigenvalue weighted by Crippen LogP contribution is -2.45. The van der Waals surface area contributed by atoms with Gasteiger partial charge in [0.05, 0.1) is 7.11 Å². The second-order valence-electron chi connectivity index (χ2n) is 5.21. The molecule has 0 spiro atoms.